The zero-order valence-electron chi connectivity index (χ0n) is 12.8. The zero-order chi connectivity index (χ0) is 17.3. The number of amides is 2. The lowest BCUT2D eigenvalue weighted by atomic mass is 10.0. The minimum atomic E-state index is -4.43. The maximum absolute atomic E-state index is 12.8. The van der Waals surface area contributed by atoms with Crippen molar-refractivity contribution < 1.29 is 22.5 Å². The van der Waals surface area contributed by atoms with Crippen LogP contribution in [0.3, 0.4) is 0 Å². The fraction of sp³-hybridized carbons (Fsp3) is 0.400. The predicted molar refractivity (Wildman–Crippen MR) is 78.1 cm³/mol. The highest BCUT2D eigenvalue weighted by Gasteiger charge is 2.36. The number of likely N-dealkylation sites (tertiary alicyclic amines) is 1. The Morgan fingerprint density at radius 3 is 2.83 bits per heavy atom. The quantitative estimate of drug-likeness (QED) is 0.933. The van der Waals surface area contributed by atoms with Gasteiger partial charge in [-0.25, -0.2) is 4.79 Å². The molecule has 128 valence electrons. The van der Waals surface area contributed by atoms with Crippen molar-refractivity contribution in [2.75, 3.05) is 19.6 Å². The highest BCUT2D eigenvalue weighted by Crippen LogP contribution is 2.32. The topological polar surface area (TPSA) is 71.3 Å². The van der Waals surface area contributed by atoms with Crippen molar-refractivity contribution in [2.24, 2.45) is 0 Å². The van der Waals surface area contributed by atoms with E-state index in [1.165, 1.54) is 12.1 Å². The van der Waals surface area contributed by atoms with E-state index < -0.39 is 11.7 Å². The molecular formula is C15H15F3N4O2. The Kier molecular flexibility index (Phi) is 4.16. The number of benzene rings is 1. The Hall–Kier alpha value is -2.58. The van der Waals surface area contributed by atoms with Crippen LogP contribution in [0.5, 0.6) is 0 Å². The lowest BCUT2D eigenvalue weighted by Gasteiger charge is -2.36. The van der Waals surface area contributed by atoms with Crippen LogP contribution in [0.15, 0.2) is 28.8 Å². The summed E-state index contributed by atoms with van der Waals surface area (Å²) in [6.45, 7) is 3.25. The van der Waals surface area contributed by atoms with E-state index >= 15 is 0 Å². The molecule has 24 heavy (non-hydrogen) atoms. The van der Waals surface area contributed by atoms with Crippen LogP contribution in [0.1, 0.15) is 24.3 Å². The third-order valence-corrected chi connectivity index (χ3v) is 3.74. The minimum absolute atomic E-state index is 0.0975. The van der Waals surface area contributed by atoms with Crippen LogP contribution in [-0.4, -0.2) is 40.7 Å². The largest absolute Gasteiger partial charge is 0.416 e. The number of hydrogen-bond donors (Lipinski definition) is 1. The smallest absolute Gasteiger partial charge is 0.339 e. The summed E-state index contributed by atoms with van der Waals surface area (Å²) >= 11 is 0. The molecule has 3 rings (SSSR count). The number of carbonyl (C=O) groups excluding carboxylic acids is 1. The molecule has 2 aromatic rings. The maximum atomic E-state index is 12.8. The Morgan fingerprint density at radius 2 is 2.17 bits per heavy atom. The van der Waals surface area contributed by atoms with Crippen LogP contribution in [0.4, 0.5) is 18.0 Å². The van der Waals surface area contributed by atoms with Crippen molar-refractivity contribution in [2.45, 2.75) is 19.0 Å². The van der Waals surface area contributed by atoms with Gasteiger partial charge >= 0.3 is 12.2 Å². The molecule has 1 aromatic heterocycles. The third-order valence-electron chi connectivity index (χ3n) is 3.74. The van der Waals surface area contributed by atoms with E-state index in [9.17, 15) is 18.0 Å². The van der Waals surface area contributed by atoms with Crippen molar-refractivity contribution in [1.82, 2.24) is 20.4 Å². The molecule has 0 spiro atoms. The average molecular weight is 340 g/mol. The summed E-state index contributed by atoms with van der Waals surface area (Å²) in [4.78, 5) is 17.4. The van der Waals surface area contributed by atoms with Gasteiger partial charge in [0.2, 0.25) is 11.7 Å². The predicted octanol–water partition coefficient (Wildman–Crippen LogP) is 2.88. The Bertz CT molecular complexity index is 738. The monoisotopic (exact) mass is 340 g/mol. The summed E-state index contributed by atoms with van der Waals surface area (Å²) in [6.07, 6.45) is -4.43. The van der Waals surface area contributed by atoms with E-state index in [0.717, 1.165) is 12.1 Å². The van der Waals surface area contributed by atoms with E-state index in [1.807, 2.05) is 6.92 Å². The van der Waals surface area contributed by atoms with E-state index in [2.05, 4.69) is 15.5 Å². The van der Waals surface area contributed by atoms with Gasteiger partial charge in [-0.2, -0.15) is 18.2 Å². The molecule has 9 heteroatoms. The highest BCUT2D eigenvalue weighted by molar-refractivity contribution is 5.75. The molecule has 1 aromatic carbocycles. The molecule has 1 aliphatic rings. The number of hydrogen-bond acceptors (Lipinski definition) is 4. The molecule has 0 radical (unpaired) electrons. The van der Waals surface area contributed by atoms with Crippen molar-refractivity contribution >= 4 is 6.03 Å². The number of aromatic nitrogens is 2. The number of nitrogens with zero attached hydrogens (tertiary/aromatic N) is 3. The second kappa shape index (κ2) is 6.14. The SMILES string of the molecule is CCNC(=O)N1CC(c2nc(-c3cccc(C(F)(F)F)c3)no2)C1. The van der Waals surface area contributed by atoms with Gasteiger partial charge in [-0.15, -0.1) is 0 Å². The van der Waals surface area contributed by atoms with Crippen molar-refractivity contribution in [3.05, 3.63) is 35.7 Å². The third kappa shape index (κ3) is 3.19. The molecule has 1 fully saturated rings. The second-order valence-electron chi connectivity index (χ2n) is 5.47. The van der Waals surface area contributed by atoms with Gasteiger partial charge in [0.25, 0.3) is 0 Å². The first kappa shape index (κ1) is 16.3. The van der Waals surface area contributed by atoms with Crippen molar-refractivity contribution in [1.29, 1.82) is 0 Å². The van der Waals surface area contributed by atoms with Crippen LogP contribution in [0, 0.1) is 0 Å². The Balaban J connectivity index is 1.70. The zero-order valence-corrected chi connectivity index (χ0v) is 12.8. The van der Waals surface area contributed by atoms with Gasteiger partial charge < -0.3 is 14.7 Å². The van der Waals surface area contributed by atoms with Gasteiger partial charge in [-0.1, -0.05) is 17.3 Å². The lowest BCUT2D eigenvalue weighted by Crippen LogP contribution is -2.52. The number of alkyl halides is 3. The summed E-state index contributed by atoms with van der Waals surface area (Å²) in [5.74, 6) is 0.329. The van der Waals surface area contributed by atoms with Gasteiger partial charge in [-0.3, -0.25) is 0 Å². The van der Waals surface area contributed by atoms with Crippen molar-refractivity contribution in [3.8, 4) is 11.4 Å². The molecule has 0 bridgehead atoms. The Morgan fingerprint density at radius 1 is 1.42 bits per heavy atom. The van der Waals surface area contributed by atoms with Crippen LogP contribution in [0.2, 0.25) is 0 Å². The van der Waals surface area contributed by atoms with Gasteiger partial charge in [0.1, 0.15) is 0 Å². The number of urea groups is 1. The van der Waals surface area contributed by atoms with E-state index in [1.54, 1.807) is 4.90 Å². The molecule has 1 aliphatic heterocycles. The van der Waals surface area contributed by atoms with Crippen LogP contribution in [-0.2, 0) is 6.18 Å². The van der Waals surface area contributed by atoms with Gasteiger partial charge in [0, 0.05) is 25.2 Å². The molecular weight excluding hydrogens is 325 g/mol. The standard InChI is InChI=1S/C15H15F3N4O2/c1-2-19-14(23)22-7-10(8-22)13-20-12(21-24-13)9-4-3-5-11(6-9)15(16,17)18/h3-6,10H,2,7-8H2,1H3,(H,19,23). The van der Waals surface area contributed by atoms with Crippen LogP contribution >= 0.6 is 0 Å². The number of rotatable bonds is 3. The molecule has 0 unspecified atom stereocenters. The second-order valence-corrected chi connectivity index (χ2v) is 5.47. The molecule has 2 amide bonds. The molecule has 0 saturated carbocycles. The molecule has 6 nitrogen and oxygen atoms in total. The van der Waals surface area contributed by atoms with E-state index in [4.69, 9.17) is 4.52 Å². The summed E-state index contributed by atoms with van der Waals surface area (Å²) in [6, 6.07) is 4.60. The van der Waals surface area contributed by atoms with Crippen LogP contribution < -0.4 is 5.32 Å². The van der Waals surface area contributed by atoms with Crippen LogP contribution in [0.25, 0.3) is 11.4 Å². The van der Waals surface area contributed by atoms with Crippen molar-refractivity contribution in [3.63, 3.8) is 0 Å². The maximum Gasteiger partial charge on any atom is 0.416 e. The summed E-state index contributed by atoms with van der Waals surface area (Å²) in [7, 11) is 0. The van der Waals surface area contributed by atoms with Gasteiger partial charge in [0.05, 0.1) is 11.5 Å². The average Bonchev–Trinajstić information content (AvgIpc) is 2.95. The molecule has 1 N–H and O–H groups in total. The normalized spacial score (nSPS) is 15.2. The Labute approximate surface area is 135 Å². The van der Waals surface area contributed by atoms with E-state index in [0.29, 0.717) is 25.5 Å². The molecule has 2 heterocycles. The number of carbonyl (C=O) groups is 1. The number of nitrogens with one attached hydrogen (secondary N) is 1. The van der Waals surface area contributed by atoms with E-state index in [-0.39, 0.29) is 23.3 Å². The lowest BCUT2D eigenvalue weighted by molar-refractivity contribution is -0.137. The highest BCUT2D eigenvalue weighted by atomic mass is 19.4. The molecule has 0 aliphatic carbocycles. The first-order chi connectivity index (χ1) is 11.4. The molecule has 1 saturated heterocycles. The summed E-state index contributed by atoms with van der Waals surface area (Å²) in [5, 5.41) is 6.43. The summed E-state index contributed by atoms with van der Waals surface area (Å²) < 4.78 is 43.4. The summed E-state index contributed by atoms with van der Waals surface area (Å²) in [5.41, 5.74) is -0.530. The fourth-order valence-electron chi connectivity index (χ4n) is 2.42. The minimum Gasteiger partial charge on any atom is -0.339 e. The molecule has 0 atom stereocenters. The number of halogens is 3. The van der Waals surface area contributed by atoms with Gasteiger partial charge in [0.15, 0.2) is 0 Å². The van der Waals surface area contributed by atoms with Gasteiger partial charge in [-0.05, 0) is 19.1 Å². The fourth-order valence-corrected chi connectivity index (χ4v) is 2.42. The first-order valence-electron chi connectivity index (χ1n) is 7.42. The first-order valence-corrected chi connectivity index (χ1v) is 7.42.